The summed E-state index contributed by atoms with van der Waals surface area (Å²) in [4.78, 5) is 36.2. The van der Waals surface area contributed by atoms with Crippen molar-refractivity contribution in [2.45, 2.75) is 20.4 Å². The molecule has 0 bridgehead atoms. The van der Waals surface area contributed by atoms with Crippen LogP contribution >= 0.6 is 0 Å². The van der Waals surface area contributed by atoms with Crippen LogP contribution in [-0.4, -0.2) is 32.8 Å². The van der Waals surface area contributed by atoms with E-state index in [1.54, 1.807) is 55.7 Å². The topological polar surface area (TPSA) is 95.2 Å². The maximum Gasteiger partial charge on any atom is 0.358 e. The molecule has 8 nitrogen and oxygen atoms in total. The van der Waals surface area contributed by atoms with Crippen molar-refractivity contribution in [3.8, 4) is 5.69 Å². The Morgan fingerprint density at radius 3 is 2.68 bits per heavy atom. The predicted octanol–water partition coefficient (Wildman–Crippen LogP) is 2.16. The molecule has 0 atom stereocenters. The molecule has 2 aromatic heterocycles. The van der Waals surface area contributed by atoms with Gasteiger partial charge in [0.1, 0.15) is 6.54 Å². The van der Waals surface area contributed by atoms with Crippen molar-refractivity contribution < 1.29 is 14.3 Å². The van der Waals surface area contributed by atoms with E-state index in [9.17, 15) is 14.4 Å². The van der Waals surface area contributed by atoms with Gasteiger partial charge in [0, 0.05) is 18.5 Å². The summed E-state index contributed by atoms with van der Waals surface area (Å²) in [5, 5.41) is 7.00. The quantitative estimate of drug-likeness (QED) is 0.661. The first-order valence-electron chi connectivity index (χ1n) is 8.77. The predicted molar refractivity (Wildman–Crippen MR) is 104 cm³/mol. The summed E-state index contributed by atoms with van der Waals surface area (Å²) >= 11 is 0. The van der Waals surface area contributed by atoms with Gasteiger partial charge in [-0.15, -0.1) is 0 Å². The van der Waals surface area contributed by atoms with Crippen molar-refractivity contribution in [3.05, 3.63) is 76.5 Å². The molecule has 144 valence electrons. The molecular weight excluding hydrogens is 360 g/mol. The zero-order valence-electron chi connectivity index (χ0n) is 15.6. The van der Waals surface area contributed by atoms with Gasteiger partial charge in [-0.1, -0.05) is 12.1 Å². The van der Waals surface area contributed by atoms with Crippen molar-refractivity contribution in [1.82, 2.24) is 14.3 Å². The average molecular weight is 380 g/mol. The maximum atomic E-state index is 12.4. The molecule has 2 heterocycles. The van der Waals surface area contributed by atoms with E-state index in [0.29, 0.717) is 11.4 Å². The summed E-state index contributed by atoms with van der Waals surface area (Å²) in [6.07, 6.45) is 3.20. The van der Waals surface area contributed by atoms with Gasteiger partial charge in [0.25, 0.3) is 5.56 Å². The molecule has 0 aliphatic rings. The number of carbonyl (C=O) groups is 2. The summed E-state index contributed by atoms with van der Waals surface area (Å²) in [6.45, 7) is 3.69. The highest BCUT2D eigenvalue weighted by Crippen LogP contribution is 2.19. The van der Waals surface area contributed by atoms with Crippen LogP contribution in [0.5, 0.6) is 0 Å². The molecule has 0 fully saturated rings. The number of amides is 1. The van der Waals surface area contributed by atoms with E-state index >= 15 is 0 Å². The van der Waals surface area contributed by atoms with E-state index in [1.165, 1.54) is 15.3 Å². The minimum atomic E-state index is -0.512. The number of para-hydroxylation sites is 2. The van der Waals surface area contributed by atoms with Crippen LogP contribution < -0.4 is 10.9 Å². The Morgan fingerprint density at radius 2 is 1.93 bits per heavy atom. The van der Waals surface area contributed by atoms with Gasteiger partial charge in [0.2, 0.25) is 5.91 Å². The van der Waals surface area contributed by atoms with Gasteiger partial charge in [0.05, 0.1) is 18.0 Å². The normalized spacial score (nSPS) is 10.5. The van der Waals surface area contributed by atoms with Gasteiger partial charge in [-0.25, -0.2) is 9.48 Å². The third kappa shape index (κ3) is 4.35. The molecule has 0 radical (unpaired) electrons. The molecule has 28 heavy (non-hydrogen) atoms. The number of ether oxygens (including phenoxy) is 1. The van der Waals surface area contributed by atoms with Crippen LogP contribution in [0.3, 0.4) is 0 Å². The molecule has 0 aliphatic heterocycles. The molecule has 0 unspecified atom stereocenters. The summed E-state index contributed by atoms with van der Waals surface area (Å²) < 4.78 is 7.76. The van der Waals surface area contributed by atoms with Crippen molar-refractivity contribution >= 4 is 17.6 Å². The number of aryl methyl sites for hydroxylation is 1. The lowest BCUT2D eigenvalue weighted by molar-refractivity contribution is -0.116. The fourth-order valence-electron chi connectivity index (χ4n) is 2.63. The van der Waals surface area contributed by atoms with Crippen molar-refractivity contribution in [3.63, 3.8) is 0 Å². The second-order valence-corrected chi connectivity index (χ2v) is 6.10. The number of benzene rings is 1. The van der Waals surface area contributed by atoms with E-state index in [0.717, 1.165) is 5.56 Å². The Labute approximate surface area is 161 Å². The molecule has 0 saturated heterocycles. The number of aromatic nitrogens is 3. The van der Waals surface area contributed by atoms with Gasteiger partial charge in [-0.2, -0.15) is 5.10 Å². The van der Waals surface area contributed by atoms with Crippen molar-refractivity contribution in [2.24, 2.45) is 0 Å². The SMILES string of the molecule is CCOC(=O)c1ccn(-c2ccccc2NC(=O)Cn2ccc(C)cc2=O)n1. The molecule has 1 amide bonds. The van der Waals surface area contributed by atoms with E-state index in [-0.39, 0.29) is 30.3 Å². The number of hydrogen-bond donors (Lipinski definition) is 1. The highest BCUT2D eigenvalue weighted by Gasteiger charge is 2.14. The Morgan fingerprint density at radius 1 is 1.14 bits per heavy atom. The monoisotopic (exact) mass is 380 g/mol. The lowest BCUT2D eigenvalue weighted by Crippen LogP contribution is -2.27. The third-order valence-electron chi connectivity index (χ3n) is 3.96. The first kappa shape index (κ1) is 19.1. The summed E-state index contributed by atoms with van der Waals surface area (Å²) in [5.74, 6) is -0.863. The number of anilines is 1. The van der Waals surface area contributed by atoms with Crippen LogP contribution in [0.1, 0.15) is 23.0 Å². The third-order valence-corrected chi connectivity index (χ3v) is 3.96. The van der Waals surface area contributed by atoms with Gasteiger partial charge >= 0.3 is 5.97 Å². The molecule has 3 aromatic rings. The second kappa shape index (κ2) is 8.34. The number of esters is 1. The van der Waals surface area contributed by atoms with Gasteiger partial charge in [-0.05, 0) is 43.7 Å². The van der Waals surface area contributed by atoms with Crippen LogP contribution in [0.2, 0.25) is 0 Å². The fraction of sp³-hybridized carbons (Fsp3) is 0.200. The highest BCUT2D eigenvalue weighted by molar-refractivity contribution is 5.92. The van der Waals surface area contributed by atoms with Crippen molar-refractivity contribution in [2.75, 3.05) is 11.9 Å². The molecule has 1 aromatic carbocycles. The number of hydrogen-bond acceptors (Lipinski definition) is 5. The van der Waals surface area contributed by atoms with E-state index in [4.69, 9.17) is 4.74 Å². The maximum absolute atomic E-state index is 12.4. The largest absolute Gasteiger partial charge is 0.461 e. The smallest absolute Gasteiger partial charge is 0.358 e. The zero-order valence-corrected chi connectivity index (χ0v) is 15.6. The average Bonchev–Trinajstić information content (AvgIpc) is 3.15. The Kier molecular flexibility index (Phi) is 5.69. The zero-order chi connectivity index (χ0) is 20.1. The molecule has 0 saturated carbocycles. The molecule has 0 spiro atoms. The molecule has 0 aliphatic carbocycles. The van der Waals surface area contributed by atoms with Gasteiger partial charge in [-0.3, -0.25) is 9.59 Å². The summed E-state index contributed by atoms with van der Waals surface area (Å²) in [5.41, 5.74) is 1.86. The molecule has 8 heteroatoms. The van der Waals surface area contributed by atoms with Crippen LogP contribution in [-0.2, 0) is 16.1 Å². The highest BCUT2D eigenvalue weighted by atomic mass is 16.5. The van der Waals surface area contributed by atoms with Crippen LogP contribution in [0.4, 0.5) is 5.69 Å². The Balaban J connectivity index is 1.80. The molecule has 3 rings (SSSR count). The standard InChI is InChI=1S/C20H20N4O4/c1-3-28-20(27)16-9-11-24(22-16)17-7-5-4-6-15(17)21-18(25)13-23-10-8-14(2)12-19(23)26/h4-12H,3,13H2,1-2H3,(H,21,25). The summed E-state index contributed by atoms with van der Waals surface area (Å²) in [7, 11) is 0. The fourth-order valence-corrected chi connectivity index (χ4v) is 2.63. The Bertz CT molecular complexity index is 1070. The van der Waals surface area contributed by atoms with E-state index < -0.39 is 5.97 Å². The number of rotatable bonds is 6. The van der Waals surface area contributed by atoms with Crippen LogP contribution in [0.25, 0.3) is 5.69 Å². The molecular formula is C20H20N4O4. The van der Waals surface area contributed by atoms with E-state index in [1.807, 2.05) is 6.92 Å². The number of nitrogens with one attached hydrogen (secondary N) is 1. The van der Waals surface area contributed by atoms with Crippen LogP contribution in [0.15, 0.2) is 59.7 Å². The summed E-state index contributed by atoms with van der Waals surface area (Å²) in [6, 6.07) is 11.8. The molecule has 1 N–H and O–H groups in total. The lowest BCUT2D eigenvalue weighted by Gasteiger charge is -2.12. The van der Waals surface area contributed by atoms with Gasteiger partial charge < -0.3 is 14.6 Å². The van der Waals surface area contributed by atoms with Gasteiger partial charge in [0.15, 0.2) is 5.69 Å². The lowest BCUT2D eigenvalue weighted by atomic mass is 10.2. The number of pyridine rings is 1. The number of carbonyl (C=O) groups excluding carboxylic acids is 2. The first-order chi connectivity index (χ1) is 13.5. The first-order valence-corrected chi connectivity index (χ1v) is 8.77. The second-order valence-electron chi connectivity index (χ2n) is 6.10. The minimum Gasteiger partial charge on any atom is -0.461 e. The number of nitrogens with zero attached hydrogens (tertiary/aromatic N) is 3. The van der Waals surface area contributed by atoms with E-state index in [2.05, 4.69) is 10.4 Å². The van der Waals surface area contributed by atoms with Crippen molar-refractivity contribution in [1.29, 1.82) is 0 Å². The van der Waals surface area contributed by atoms with Crippen LogP contribution in [0, 0.1) is 6.92 Å². The minimum absolute atomic E-state index is 0.110. The Hall–Kier alpha value is -3.68.